The number of carbonyl (C=O) groups is 3. The van der Waals surface area contributed by atoms with Gasteiger partial charge in [0.25, 0.3) is 11.8 Å². The van der Waals surface area contributed by atoms with Crippen molar-refractivity contribution in [3.63, 3.8) is 0 Å². The Bertz CT molecular complexity index is 1440. The molecule has 5 rings (SSSR count). The fourth-order valence-electron chi connectivity index (χ4n) is 4.85. The summed E-state index contributed by atoms with van der Waals surface area (Å²) in [5.41, 5.74) is 0.820. The molecule has 0 radical (unpaired) electrons. The minimum Gasteiger partial charge on any atom is -0.494 e. The molecule has 2 aromatic carbocycles. The maximum atomic E-state index is 13.6. The van der Waals surface area contributed by atoms with Crippen molar-refractivity contribution in [2.75, 3.05) is 40.0 Å². The molecule has 3 aromatic rings. The lowest BCUT2D eigenvalue weighted by atomic mass is 10.0. The lowest BCUT2D eigenvalue weighted by Gasteiger charge is -2.26. The van der Waals surface area contributed by atoms with Gasteiger partial charge < -0.3 is 29.7 Å². The van der Waals surface area contributed by atoms with Crippen LogP contribution in [0.25, 0.3) is 0 Å². The largest absolute Gasteiger partial charge is 0.494 e. The molecule has 0 saturated carbocycles. The van der Waals surface area contributed by atoms with Gasteiger partial charge in [-0.1, -0.05) is 19.9 Å². The Labute approximate surface area is 251 Å². The van der Waals surface area contributed by atoms with Gasteiger partial charge in [0.2, 0.25) is 5.91 Å². The third kappa shape index (κ3) is 8.02. The average molecular weight is 593 g/mol. The quantitative estimate of drug-likeness (QED) is 0.461. The van der Waals surface area contributed by atoms with Gasteiger partial charge >= 0.3 is 0 Å². The Morgan fingerprint density at radius 3 is 2.72 bits per heavy atom. The van der Waals surface area contributed by atoms with E-state index in [-0.39, 0.29) is 43.3 Å². The van der Waals surface area contributed by atoms with Crippen LogP contribution < -0.4 is 24.8 Å². The van der Waals surface area contributed by atoms with Crippen molar-refractivity contribution in [2.45, 2.75) is 46.7 Å². The average Bonchev–Trinajstić information content (AvgIpc) is 3.36. The molecule has 0 fully saturated rings. The molecule has 2 bridgehead atoms. The number of nitrogens with one attached hydrogen (secondary N) is 2. The summed E-state index contributed by atoms with van der Waals surface area (Å²) in [5, 5.41) is 10.5. The highest BCUT2D eigenvalue weighted by atomic mass is 16.5. The Balaban J connectivity index is 1.65. The van der Waals surface area contributed by atoms with Crippen LogP contribution >= 0.6 is 0 Å². The fraction of sp³-hybridized carbons (Fsp3) is 0.452. The summed E-state index contributed by atoms with van der Waals surface area (Å²) in [4.78, 5) is 46.1. The molecule has 0 saturated heterocycles. The Hall–Kier alpha value is -4.61. The second-order valence-corrected chi connectivity index (χ2v) is 10.5. The van der Waals surface area contributed by atoms with Crippen molar-refractivity contribution >= 4 is 17.7 Å². The Morgan fingerprint density at radius 2 is 1.98 bits per heavy atom. The summed E-state index contributed by atoms with van der Waals surface area (Å²) in [6.45, 7) is 9.07. The maximum absolute atomic E-state index is 13.6. The summed E-state index contributed by atoms with van der Waals surface area (Å²) < 4.78 is 18.8. The lowest BCUT2D eigenvalue weighted by Crippen LogP contribution is -2.44. The molecule has 3 heterocycles. The molecule has 2 N–H and O–H groups in total. The smallest absolute Gasteiger partial charge is 0.254 e. The van der Waals surface area contributed by atoms with Crippen LogP contribution in [-0.4, -0.2) is 77.3 Å². The summed E-state index contributed by atoms with van der Waals surface area (Å²) in [6.07, 6.45) is 0.426. The molecular weight excluding hydrogens is 552 g/mol. The van der Waals surface area contributed by atoms with Crippen LogP contribution in [-0.2, 0) is 11.3 Å². The topological polar surface area (TPSA) is 137 Å². The zero-order valence-corrected chi connectivity index (χ0v) is 25.4. The Kier molecular flexibility index (Phi) is 10.6. The van der Waals surface area contributed by atoms with E-state index in [4.69, 9.17) is 14.2 Å². The minimum absolute atomic E-state index is 0.0174. The van der Waals surface area contributed by atoms with Crippen molar-refractivity contribution < 1.29 is 28.6 Å². The molecule has 0 aliphatic carbocycles. The number of nitrogens with zero attached hydrogens (tertiary/aromatic N) is 4. The molecule has 0 unspecified atom stereocenters. The number of carbonyl (C=O) groups excluding carboxylic acids is 3. The molecule has 2 aliphatic rings. The number of aryl methyl sites for hydroxylation is 1. The van der Waals surface area contributed by atoms with Gasteiger partial charge in [-0.15, -0.1) is 0 Å². The van der Waals surface area contributed by atoms with E-state index in [9.17, 15) is 14.4 Å². The molecule has 43 heavy (non-hydrogen) atoms. The van der Waals surface area contributed by atoms with Crippen LogP contribution in [0, 0.1) is 12.8 Å². The highest BCUT2D eigenvalue weighted by Crippen LogP contribution is 2.28. The SMILES string of the molecule is CCOc1cccc(C(=O)N2CCCNC(=O)c3ccc(c(OC)c3)OCCn3nc(C)nc3[C@H](C(C)C)NC(=O)C2)c1. The number of hydrogen-bond acceptors (Lipinski definition) is 8. The first-order valence-electron chi connectivity index (χ1n) is 14.5. The van der Waals surface area contributed by atoms with Crippen LogP contribution in [0.2, 0.25) is 0 Å². The van der Waals surface area contributed by atoms with E-state index < -0.39 is 6.04 Å². The number of fused-ring (bicyclic) bond motifs is 13. The molecule has 0 spiro atoms. The highest BCUT2D eigenvalue weighted by molar-refractivity contribution is 5.97. The van der Waals surface area contributed by atoms with Gasteiger partial charge in [0.05, 0.1) is 32.8 Å². The van der Waals surface area contributed by atoms with E-state index in [1.54, 1.807) is 54.1 Å². The van der Waals surface area contributed by atoms with Gasteiger partial charge in [-0.05, 0) is 62.6 Å². The van der Waals surface area contributed by atoms with Gasteiger partial charge in [0, 0.05) is 24.2 Å². The number of amides is 3. The monoisotopic (exact) mass is 592 g/mol. The second-order valence-electron chi connectivity index (χ2n) is 10.5. The fourth-order valence-corrected chi connectivity index (χ4v) is 4.85. The van der Waals surface area contributed by atoms with E-state index in [0.29, 0.717) is 66.1 Å². The number of aromatic nitrogens is 3. The Morgan fingerprint density at radius 1 is 1.16 bits per heavy atom. The highest BCUT2D eigenvalue weighted by Gasteiger charge is 2.27. The third-order valence-electron chi connectivity index (χ3n) is 6.96. The van der Waals surface area contributed by atoms with Gasteiger partial charge in [-0.2, -0.15) is 5.10 Å². The first kappa shape index (κ1) is 31.3. The van der Waals surface area contributed by atoms with E-state index >= 15 is 0 Å². The zero-order valence-electron chi connectivity index (χ0n) is 25.4. The zero-order chi connectivity index (χ0) is 30.9. The van der Waals surface area contributed by atoms with Crippen molar-refractivity contribution in [3.05, 3.63) is 65.2 Å². The van der Waals surface area contributed by atoms with Crippen LogP contribution in [0.1, 0.15) is 65.6 Å². The van der Waals surface area contributed by atoms with Crippen molar-refractivity contribution in [1.29, 1.82) is 0 Å². The molecule has 2 aliphatic heterocycles. The molecule has 3 amide bonds. The molecule has 12 heteroatoms. The number of rotatable bonds is 5. The van der Waals surface area contributed by atoms with E-state index in [1.165, 1.54) is 12.0 Å². The summed E-state index contributed by atoms with van der Waals surface area (Å²) in [6, 6.07) is 11.4. The standard InChI is InChI=1S/C31H40N6O6/c1-6-42-24-10-7-9-23(17-24)31(40)36-14-8-13-32-30(39)22-11-12-25(26(18-22)41-5)43-16-15-37-29(33-21(4)35-37)28(20(2)3)34-27(38)19-36/h7,9-12,17-18,20,28H,6,8,13-16,19H2,1-5H3,(H,32,39)(H,34,38)/t28-/m0/s1. The minimum atomic E-state index is -0.456. The van der Waals surface area contributed by atoms with Crippen LogP contribution in [0.4, 0.5) is 0 Å². The first-order valence-corrected chi connectivity index (χ1v) is 14.5. The molecule has 1 aromatic heterocycles. The second kappa shape index (κ2) is 14.5. The van der Waals surface area contributed by atoms with E-state index in [1.807, 2.05) is 20.8 Å². The van der Waals surface area contributed by atoms with E-state index in [0.717, 1.165) is 0 Å². The molecule has 12 nitrogen and oxygen atoms in total. The lowest BCUT2D eigenvalue weighted by molar-refractivity contribution is -0.123. The van der Waals surface area contributed by atoms with Gasteiger partial charge in [-0.3, -0.25) is 14.4 Å². The van der Waals surface area contributed by atoms with Crippen LogP contribution in [0.15, 0.2) is 42.5 Å². The predicted molar refractivity (Wildman–Crippen MR) is 159 cm³/mol. The summed E-state index contributed by atoms with van der Waals surface area (Å²) in [5.74, 6) is 1.71. The maximum Gasteiger partial charge on any atom is 0.254 e. The molecule has 1 atom stereocenters. The third-order valence-corrected chi connectivity index (χ3v) is 6.96. The number of ether oxygens (including phenoxy) is 3. The predicted octanol–water partition coefficient (Wildman–Crippen LogP) is 3.16. The van der Waals surface area contributed by atoms with Crippen molar-refractivity contribution in [2.24, 2.45) is 5.92 Å². The van der Waals surface area contributed by atoms with Crippen molar-refractivity contribution in [3.8, 4) is 17.2 Å². The molecule has 230 valence electrons. The van der Waals surface area contributed by atoms with E-state index in [2.05, 4.69) is 20.7 Å². The normalized spacial score (nSPS) is 16.7. The number of methoxy groups -OCH3 is 1. The molecular formula is C31H40N6O6. The first-order chi connectivity index (χ1) is 20.7. The van der Waals surface area contributed by atoms with Crippen molar-refractivity contribution in [1.82, 2.24) is 30.3 Å². The summed E-state index contributed by atoms with van der Waals surface area (Å²) >= 11 is 0. The number of benzene rings is 2. The van der Waals surface area contributed by atoms with Gasteiger partial charge in [0.1, 0.15) is 24.0 Å². The van der Waals surface area contributed by atoms with Crippen LogP contribution in [0.3, 0.4) is 0 Å². The van der Waals surface area contributed by atoms with Crippen LogP contribution in [0.5, 0.6) is 17.2 Å². The van der Waals surface area contributed by atoms with Gasteiger partial charge in [-0.25, -0.2) is 9.67 Å². The summed E-state index contributed by atoms with van der Waals surface area (Å²) in [7, 11) is 1.52. The number of hydrogen-bond donors (Lipinski definition) is 2. The van der Waals surface area contributed by atoms with Gasteiger partial charge in [0.15, 0.2) is 11.5 Å².